The number of hydrogen-bond acceptors (Lipinski definition) is 4. The van der Waals surface area contributed by atoms with E-state index in [1.54, 1.807) is 24.3 Å². The predicted molar refractivity (Wildman–Crippen MR) is 103 cm³/mol. The van der Waals surface area contributed by atoms with Crippen molar-refractivity contribution < 1.29 is 22.8 Å². The fourth-order valence-corrected chi connectivity index (χ4v) is 2.57. The van der Waals surface area contributed by atoms with Gasteiger partial charge < -0.3 is 4.74 Å². The van der Waals surface area contributed by atoms with Crippen molar-refractivity contribution >= 4 is 17.6 Å². The summed E-state index contributed by atoms with van der Waals surface area (Å²) in [6, 6.07) is 16.2. The average Bonchev–Trinajstić information content (AvgIpc) is 2.67. The summed E-state index contributed by atoms with van der Waals surface area (Å²) in [6.07, 6.45) is -3.16. The van der Waals surface area contributed by atoms with Crippen LogP contribution in [0.1, 0.15) is 16.7 Å². The first-order valence-electron chi connectivity index (χ1n) is 8.48. The monoisotopic (exact) mass is 400 g/mol. The number of nitrogens with zero attached hydrogens (tertiary/aromatic N) is 2. The summed E-state index contributed by atoms with van der Waals surface area (Å²) in [6.45, 7) is 1.90. The van der Waals surface area contributed by atoms with Gasteiger partial charge in [0.25, 0.3) is 0 Å². The van der Waals surface area contributed by atoms with Crippen LogP contribution in [0, 0.1) is 17.0 Å². The number of halogens is 3. The minimum absolute atomic E-state index is 0.229. The number of nitro benzene ring substituents is 1. The molecule has 0 aromatic heterocycles. The fraction of sp³-hybridized carbons (Fsp3) is 0.0952. The molecule has 148 valence electrons. The smallest absolute Gasteiger partial charge is 0.416 e. The number of ether oxygens (including phenoxy) is 1. The van der Waals surface area contributed by atoms with Crippen LogP contribution in [0.4, 0.5) is 24.5 Å². The Morgan fingerprint density at radius 3 is 2.38 bits per heavy atom. The first kappa shape index (κ1) is 20.1. The molecule has 0 aliphatic carbocycles. The molecule has 29 heavy (non-hydrogen) atoms. The summed E-state index contributed by atoms with van der Waals surface area (Å²) in [5.74, 6) is -0.0626. The van der Waals surface area contributed by atoms with Crippen LogP contribution in [-0.4, -0.2) is 11.1 Å². The summed E-state index contributed by atoms with van der Waals surface area (Å²) >= 11 is 0. The molecule has 0 saturated carbocycles. The Kier molecular flexibility index (Phi) is 5.63. The lowest BCUT2D eigenvalue weighted by Gasteiger charge is -2.11. The van der Waals surface area contributed by atoms with Gasteiger partial charge in [-0.2, -0.15) is 13.2 Å². The van der Waals surface area contributed by atoms with Gasteiger partial charge in [0.2, 0.25) is 5.75 Å². The summed E-state index contributed by atoms with van der Waals surface area (Å²) in [5, 5.41) is 11.3. The molecule has 0 saturated heterocycles. The van der Waals surface area contributed by atoms with Crippen molar-refractivity contribution in [2.24, 2.45) is 4.99 Å². The van der Waals surface area contributed by atoms with Crippen LogP contribution >= 0.6 is 0 Å². The number of para-hydroxylation sites is 2. The van der Waals surface area contributed by atoms with E-state index in [-0.39, 0.29) is 11.5 Å². The highest BCUT2D eigenvalue weighted by atomic mass is 19.4. The quantitative estimate of drug-likeness (QED) is 0.280. The molecular weight excluding hydrogens is 385 g/mol. The Hall–Kier alpha value is -3.68. The summed E-state index contributed by atoms with van der Waals surface area (Å²) in [5.41, 5.74) is 0.324. The van der Waals surface area contributed by atoms with Crippen LogP contribution in [0.3, 0.4) is 0 Å². The number of aryl methyl sites for hydroxylation is 1. The topological polar surface area (TPSA) is 64.7 Å². The van der Waals surface area contributed by atoms with Crippen molar-refractivity contribution in [2.45, 2.75) is 13.1 Å². The van der Waals surface area contributed by atoms with E-state index in [2.05, 4.69) is 4.99 Å². The Morgan fingerprint density at radius 2 is 1.69 bits per heavy atom. The second-order valence-corrected chi connectivity index (χ2v) is 6.12. The van der Waals surface area contributed by atoms with E-state index < -0.39 is 22.4 Å². The third kappa shape index (κ3) is 4.78. The molecule has 0 aliphatic heterocycles. The highest BCUT2D eigenvalue weighted by Crippen LogP contribution is 2.38. The van der Waals surface area contributed by atoms with E-state index in [4.69, 9.17) is 4.74 Å². The zero-order valence-corrected chi connectivity index (χ0v) is 15.2. The van der Waals surface area contributed by atoms with Crippen LogP contribution in [0.25, 0.3) is 0 Å². The molecule has 0 fully saturated rings. The van der Waals surface area contributed by atoms with Crippen molar-refractivity contribution in [2.75, 3.05) is 0 Å². The van der Waals surface area contributed by atoms with Crippen LogP contribution < -0.4 is 4.74 Å². The lowest BCUT2D eigenvalue weighted by atomic mass is 10.1. The molecule has 0 heterocycles. The molecular formula is C21H15F3N2O3. The van der Waals surface area contributed by atoms with E-state index in [1.165, 1.54) is 6.21 Å². The van der Waals surface area contributed by atoms with Gasteiger partial charge in [-0.15, -0.1) is 0 Å². The summed E-state index contributed by atoms with van der Waals surface area (Å²) in [7, 11) is 0. The molecule has 0 atom stereocenters. The van der Waals surface area contributed by atoms with Gasteiger partial charge >= 0.3 is 11.9 Å². The van der Waals surface area contributed by atoms with Gasteiger partial charge in [0, 0.05) is 17.8 Å². The second-order valence-electron chi connectivity index (χ2n) is 6.12. The maximum Gasteiger partial charge on any atom is 0.416 e. The van der Waals surface area contributed by atoms with Gasteiger partial charge in [0.1, 0.15) is 5.75 Å². The van der Waals surface area contributed by atoms with Gasteiger partial charge in [-0.1, -0.05) is 30.3 Å². The SMILES string of the molecule is Cc1ccccc1N=Cc1ccccc1Oc1ccc(C(F)(F)F)cc1[N+](=O)[O-]. The normalized spacial score (nSPS) is 11.6. The van der Waals surface area contributed by atoms with E-state index in [0.717, 1.165) is 23.4 Å². The van der Waals surface area contributed by atoms with E-state index in [1.807, 2.05) is 31.2 Å². The van der Waals surface area contributed by atoms with Crippen molar-refractivity contribution in [1.29, 1.82) is 0 Å². The Bertz CT molecular complexity index is 1080. The first-order chi connectivity index (χ1) is 13.8. The van der Waals surface area contributed by atoms with Crippen LogP contribution in [0.2, 0.25) is 0 Å². The number of nitro groups is 1. The second kappa shape index (κ2) is 8.14. The number of hydrogen-bond donors (Lipinski definition) is 0. The Balaban J connectivity index is 1.96. The summed E-state index contributed by atoms with van der Waals surface area (Å²) < 4.78 is 44.2. The van der Waals surface area contributed by atoms with Crippen LogP contribution in [-0.2, 0) is 6.18 Å². The summed E-state index contributed by atoms with van der Waals surface area (Å²) in [4.78, 5) is 14.7. The van der Waals surface area contributed by atoms with Crippen molar-refractivity contribution in [3.63, 3.8) is 0 Å². The molecule has 0 spiro atoms. The number of benzene rings is 3. The van der Waals surface area contributed by atoms with Gasteiger partial charge in [-0.05, 0) is 42.8 Å². The molecule has 3 aromatic rings. The standard InChI is InChI=1S/C21H15F3N2O3/c1-14-6-2-4-8-17(14)25-13-15-7-3-5-9-19(15)29-20-11-10-16(21(22,23)24)12-18(20)26(27)28/h2-13H,1H3. The molecule has 5 nitrogen and oxygen atoms in total. The Labute approximate surface area is 164 Å². The maximum absolute atomic E-state index is 12.9. The Morgan fingerprint density at radius 1 is 1.00 bits per heavy atom. The first-order valence-corrected chi connectivity index (χ1v) is 8.48. The van der Waals surface area contributed by atoms with E-state index >= 15 is 0 Å². The molecule has 8 heteroatoms. The number of rotatable bonds is 5. The average molecular weight is 400 g/mol. The minimum atomic E-state index is -4.69. The third-order valence-electron chi connectivity index (χ3n) is 4.08. The van der Waals surface area contributed by atoms with Crippen molar-refractivity contribution in [1.82, 2.24) is 0 Å². The molecule has 0 amide bonds. The molecule has 3 aromatic carbocycles. The molecule has 0 N–H and O–H groups in total. The third-order valence-corrected chi connectivity index (χ3v) is 4.08. The lowest BCUT2D eigenvalue weighted by molar-refractivity contribution is -0.385. The molecule has 0 unspecified atom stereocenters. The zero-order valence-electron chi connectivity index (χ0n) is 15.2. The highest BCUT2D eigenvalue weighted by Gasteiger charge is 2.33. The molecule has 0 bridgehead atoms. The van der Waals surface area contributed by atoms with Gasteiger partial charge in [-0.3, -0.25) is 15.1 Å². The zero-order chi connectivity index (χ0) is 21.0. The van der Waals surface area contributed by atoms with E-state index in [0.29, 0.717) is 11.6 Å². The largest absolute Gasteiger partial charge is 0.449 e. The van der Waals surface area contributed by atoms with Crippen LogP contribution in [0.5, 0.6) is 11.5 Å². The van der Waals surface area contributed by atoms with E-state index in [9.17, 15) is 23.3 Å². The minimum Gasteiger partial charge on any atom is -0.449 e. The lowest BCUT2D eigenvalue weighted by Crippen LogP contribution is -2.06. The molecule has 0 aliphatic rings. The molecule has 0 radical (unpaired) electrons. The van der Waals surface area contributed by atoms with Gasteiger partial charge in [0.05, 0.1) is 16.2 Å². The fourth-order valence-electron chi connectivity index (χ4n) is 2.57. The predicted octanol–water partition coefficient (Wildman–Crippen LogP) is 6.46. The van der Waals surface area contributed by atoms with Crippen LogP contribution in [0.15, 0.2) is 71.7 Å². The maximum atomic E-state index is 12.9. The van der Waals surface area contributed by atoms with Gasteiger partial charge in [0.15, 0.2) is 0 Å². The number of aliphatic imine (C=N–C) groups is 1. The van der Waals surface area contributed by atoms with Crippen molar-refractivity contribution in [3.8, 4) is 11.5 Å². The van der Waals surface area contributed by atoms with Gasteiger partial charge in [-0.25, -0.2) is 0 Å². The highest BCUT2D eigenvalue weighted by molar-refractivity contribution is 5.86. The molecule has 3 rings (SSSR count). The van der Waals surface area contributed by atoms with Crippen molar-refractivity contribution in [3.05, 3.63) is 93.5 Å². The number of alkyl halides is 3.